The van der Waals surface area contributed by atoms with Gasteiger partial charge in [-0.25, -0.2) is 4.99 Å². The molecular weight excluding hydrogens is 216 g/mol. The van der Waals surface area contributed by atoms with Gasteiger partial charge in [0.15, 0.2) is 0 Å². The van der Waals surface area contributed by atoms with Gasteiger partial charge in [-0.3, -0.25) is 0 Å². The Morgan fingerprint density at radius 1 is 0.941 bits per heavy atom. The fourth-order valence-electron chi connectivity index (χ4n) is 2.88. The van der Waals surface area contributed by atoms with E-state index in [4.69, 9.17) is 5.26 Å². The molecule has 0 spiro atoms. The monoisotopic (exact) mass is 240 g/mol. The summed E-state index contributed by atoms with van der Waals surface area (Å²) in [5.41, 5.74) is 0. The van der Waals surface area contributed by atoms with E-state index in [1.807, 2.05) is 0 Å². The zero-order valence-electron chi connectivity index (χ0n) is 10.5. The number of hydrogen-bond donors (Lipinski definition) is 2. The molecule has 0 unspecified atom stereocenters. The van der Waals surface area contributed by atoms with Crippen LogP contribution in [0.3, 0.4) is 0 Å². The molecule has 2 rings (SSSR count). The normalized spacial score (nSPS) is 24.6. The van der Waals surface area contributed by atoms with Crippen molar-refractivity contribution in [1.29, 1.82) is 0 Å². The molecule has 0 bridgehead atoms. The number of nitrogens with one attached hydrogen (secondary N) is 1. The van der Waals surface area contributed by atoms with Crippen molar-refractivity contribution in [2.45, 2.75) is 76.3 Å². The van der Waals surface area contributed by atoms with Crippen LogP contribution in [0.15, 0.2) is 4.99 Å². The van der Waals surface area contributed by atoms with E-state index in [2.05, 4.69) is 15.2 Å². The van der Waals surface area contributed by atoms with E-state index < -0.39 is 0 Å². The third-order valence-electron chi connectivity index (χ3n) is 3.89. The van der Waals surface area contributed by atoms with Crippen LogP contribution in [0.4, 0.5) is 0 Å². The van der Waals surface area contributed by atoms with Gasteiger partial charge in [-0.1, -0.05) is 38.5 Å². The minimum atomic E-state index is 0.335. The van der Waals surface area contributed by atoms with Crippen LogP contribution in [0.25, 0.3) is 0 Å². The topological polar surface area (TPSA) is 53.9 Å². The van der Waals surface area contributed by atoms with Crippen molar-refractivity contribution in [3.05, 3.63) is 0 Å². The Balaban J connectivity index is 1.83. The molecule has 0 saturated heterocycles. The van der Waals surface area contributed by atoms with Gasteiger partial charge in [-0.05, 0) is 25.7 Å². The van der Waals surface area contributed by atoms with Crippen molar-refractivity contribution in [2.24, 2.45) is 4.99 Å². The van der Waals surface area contributed by atoms with Gasteiger partial charge in [0, 0.05) is 6.04 Å². The van der Waals surface area contributed by atoms with Crippen LogP contribution in [0, 0.1) is 0 Å². The van der Waals surface area contributed by atoms with Crippen molar-refractivity contribution in [2.75, 3.05) is 0 Å². The molecule has 4 heteroatoms. The fraction of sp³-hybridized carbons (Fsp3) is 0.923. The van der Waals surface area contributed by atoms with E-state index in [0.29, 0.717) is 18.1 Å². The molecule has 0 radical (unpaired) electrons. The number of amidine groups is 1. The largest absolute Gasteiger partial charge is 0.335 e. The lowest BCUT2D eigenvalue weighted by molar-refractivity contribution is -0.160. The van der Waals surface area contributed by atoms with Gasteiger partial charge in [-0.2, -0.15) is 5.26 Å². The Morgan fingerprint density at radius 2 is 1.53 bits per heavy atom. The molecule has 2 fully saturated rings. The zero-order valence-corrected chi connectivity index (χ0v) is 10.5. The number of hydrogen-bond acceptors (Lipinski definition) is 3. The van der Waals surface area contributed by atoms with Crippen molar-refractivity contribution in [1.82, 2.24) is 5.32 Å². The van der Waals surface area contributed by atoms with Crippen LogP contribution < -0.4 is 5.32 Å². The molecular formula is C13H24N2O2. The molecule has 2 saturated carbocycles. The highest BCUT2D eigenvalue weighted by Crippen LogP contribution is 2.21. The van der Waals surface area contributed by atoms with Gasteiger partial charge in [0.25, 0.3) is 0 Å². The van der Waals surface area contributed by atoms with Crippen LogP contribution in [0.2, 0.25) is 0 Å². The molecule has 0 aromatic heterocycles. The fourth-order valence-corrected chi connectivity index (χ4v) is 2.88. The van der Waals surface area contributed by atoms with Crippen LogP contribution in [0.1, 0.15) is 64.2 Å². The lowest BCUT2D eigenvalue weighted by Gasteiger charge is -2.24. The summed E-state index contributed by atoms with van der Waals surface area (Å²) in [6.45, 7) is 0. The van der Waals surface area contributed by atoms with Gasteiger partial charge in [0.2, 0.25) is 0 Å². The molecule has 17 heavy (non-hydrogen) atoms. The van der Waals surface area contributed by atoms with E-state index in [1.165, 1.54) is 38.5 Å². The SMILES string of the molecule is OOC(=NC1CCCCC1)NC1CCCCC1. The predicted molar refractivity (Wildman–Crippen MR) is 68.0 cm³/mol. The van der Waals surface area contributed by atoms with E-state index in [1.54, 1.807) is 0 Å². The van der Waals surface area contributed by atoms with Crippen molar-refractivity contribution in [3.63, 3.8) is 0 Å². The third-order valence-corrected chi connectivity index (χ3v) is 3.89. The first-order chi connectivity index (χ1) is 8.38. The molecule has 0 heterocycles. The van der Waals surface area contributed by atoms with Gasteiger partial charge < -0.3 is 10.2 Å². The molecule has 0 atom stereocenters. The first-order valence-electron chi connectivity index (χ1n) is 7.04. The van der Waals surface area contributed by atoms with Crippen molar-refractivity contribution < 1.29 is 10.1 Å². The summed E-state index contributed by atoms with van der Waals surface area (Å²) in [7, 11) is 0. The van der Waals surface area contributed by atoms with Crippen molar-refractivity contribution >= 4 is 6.02 Å². The van der Waals surface area contributed by atoms with E-state index in [9.17, 15) is 0 Å². The zero-order chi connectivity index (χ0) is 11.9. The molecule has 2 aliphatic carbocycles. The summed E-state index contributed by atoms with van der Waals surface area (Å²) in [5, 5.41) is 12.1. The smallest absolute Gasteiger partial charge is 0.322 e. The maximum absolute atomic E-state index is 8.89. The van der Waals surface area contributed by atoms with Gasteiger partial charge in [0.05, 0.1) is 6.04 Å². The minimum absolute atomic E-state index is 0.335. The van der Waals surface area contributed by atoms with Crippen molar-refractivity contribution in [3.8, 4) is 0 Å². The molecule has 0 amide bonds. The summed E-state index contributed by atoms with van der Waals surface area (Å²) in [6.07, 6.45) is 12.2. The highest BCUT2D eigenvalue weighted by Gasteiger charge is 2.18. The van der Waals surface area contributed by atoms with Gasteiger partial charge in [0.1, 0.15) is 0 Å². The summed E-state index contributed by atoms with van der Waals surface area (Å²) in [5.74, 6) is 0. The second kappa shape index (κ2) is 6.84. The van der Waals surface area contributed by atoms with Crippen LogP contribution in [-0.2, 0) is 4.89 Å². The number of aliphatic imine (C=N–C) groups is 1. The van der Waals surface area contributed by atoms with Crippen LogP contribution >= 0.6 is 0 Å². The highest BCUT2D eigenvalue weighted by atomic mass is 17.1. The average Bonchev–Trinajstić information content (AvgIpc) is 2.40. The molecule has 2 aliphatic rings. The first-order valence-corrected chi connectivity index (χ1v) is 7.04. The molecule has 0 aromatic rings. The molecule has 0 aliphatic heterocycles. The van der Waals surface area contributed by atoms with E-state index >= 15 is 0 Å². The molecule has 0 aromatic carbocycles. The van der Waals surface area contributed by atoms with Gasteiger partial charge >= 0.3 is 6.02 Å². The van der Waals surface area contributed by atoms with Crippen LogP contribution in [-0.4, -0.2) is 23.4 Å². The summed E-state index contributed by atoms with van der Waals surface area (Å²) >= 11 is 0. The maximum atomic E-state index is 8.89. The Kier molecular flexibility index (Phi) is 5.10. The lowest BCUT2D eigenvalue weighted by atomic mass is 9.95. The minimum Gasteiger partial charge on any atom is -0.335 e. The Hall–Kier alpha value is -0.770. The third kappa shape index (κ3) is 4.19. The Bertz CT molecular complexity index is 244. The summed E-state index contributed by atoms with van der Waals surface area (Å²) in [6, 6.07) is 1.10. The lowest BCUT2D eigenvalue weighted by Crippen LogP contribution is -2.38. The average molecular weight is 240 g/mol. The molecule has 4 nitrogen and oxygen atoms in total. The highest BCUT2D eigenvalue weighted by molar-refractivity contribution is 5.73. The van der Waals surface area contributed by atoms with Crippen LogP contribution in [0.5, 0.6) is 0 Å². The van der Waals surface area contributed by atoms with Gasteiger partial charge in [-0.15, -0.1) is 0 Å². The Morgan fingerprint density at radius 3 is 2.12 bits per heavy atom. The second-order valence-electron chi connectivity index (χ2n) is 5.30. The second-order valence-corrected chi connectivity index (χ2v) is 5.30. The summed E-state index contributed by atoms with van der Waals surface area (Å²) < 4.78 is 0. The van der Waals surface area contributed by atoms with E-state index in [0.717, 1.165) is 25.7 Å². The predicted octanol–water partition coefficient (Wildman–Crippen LogP) is 3.09. The Labute approximate surface area is 103 Å². The van der Waals surface area contributed by atoms with E-state index in [-0.39, 0.29) is 0 Å². The standard InChI is InChI=1S/C13H24N2O2/c16-17-13(14-11-7-3-1-4-8-11)15-12-9-5-2-6-10-12/h11-12,16H,1-10H2,(H,14,15). The number of rotatable bonds is 2. The first kappa shape index (κ1) is 12.7. The maximum Gasteiger partial charge on any atom is 0.322 e. The molecule has 2 N–H and O–H groups in total. The quantitative estimate of drug-likeness (QED) is 0.337. The summed E-state index contributed by atoms with van der Waals surface area (Å²) in [4.78, 5) is 8.88. The molecule has 98 valence electrons. The number of nitrogens with zero attached hydrogens (tertiary/aromatic N) is 1.